The molecule has 0 aromatic carbocycles. The molecule has 2 atom stereocenters. The fourth-order valence-corrected chi connectivity index (χ4v) is 1.88. The number of alkyl halides is 3. The molecule has 2 unspecified atom stereocenters. The summed E-state index contributed by atoms with van der Waals surface area (Å²) in [6, 6.07) is -0.887. The van der Waals surface area contributed by atoms with Crippen LogP contribution in [0.4, 0.5) is 13.2 Å². The molecule has 0 saturated carbocycles. The van der Waals surface area contributed by atoms with Crippen molar-refractivity contribution in [2.45, 2.75) is 37.2 Å². The second-order valence-corrected chi connectivity index (χ2v) is 5.86. The monoisotopic (exact) mass is 248 g/mol. The molecule has 0 saturated heterocycles. The van der Waals surface area contributed by atoms with E-state index in [0.29, 0.717) is 0 Å². The van der Waals surface area contributed by atoms with Gasteiger partial charge in [0.2, 0.25) is 0 Å². The number of hydrazine groups is 1. The van der Waals surface area contributed by atoms with E-state index in [-0.39, 0.29) is 6.42 Å². The Kier molecular flexibility index (Phi) is 5.01. The van der Waals surface area contributed by atoms with E-state index in [1.165, 1.54) is 6.92 Å². The smallest absolute Gasteiger partial charge is 0.271 e. The number of nitrogens with one attached hydrogen (secondary N) is 1. The van der Waals surface area contributed by atoms with Crippen LogP contribution in [0.3, 0.4) is 0 Å². The molecule has 8 heteroatoms. The number of rotatable bonds is 5. The van der Waals surface area contributed by atoms with Crippen LogP contribution in [0.2, 0.25) is 0 Å². The van der Waals surface area contributed by atoms with E-state index in [0.717, 1.165) is 6.26 Å². The molecule has 3 N–H and O–H groups in total. The average molecular weight is 248 g/mol. The van der Waals surface area contributed by atoms with Gasteiger partial charge in [-0.3, -0.25) is 11.3 Å². The molecule has 0 radical (unpaired) electrons. The Bertz CT molecular complexity index is 289. The summed E-state index contributed by atoms with van der Waals surface area (Å²) < 4.78 is 57.8. The number of hydrogen-bond donors (Lipinski definition) is 2. The van der Waals surface area contributed by atoms with E-state index in [1.54, 1.807) is 0 Å². The predicted octanol–water partition coefficient (Wildman–Crippen LogP) is 0.594. The van der Waals surface area contributed by atoms with Crippen molar-refractivity contribution in [1.82, 2.24) is 5.43 Å². The topological polar surface area (TPSA) is 72.2 Å². The normalized spacial score (nSPS) is 17.5. The highest BCUT2D eigenvalue weighted by atomic mass is 32.2. The van der Waals surface area contributed by atoms with Crippen molar-refractivity contribution in [3.8, 4) is 0 Å². The van der Waals surface area contributed by atoms with E-state index in [2.05, 4.69) is 5.43 Å². The predicted molar refractivity (Wildman–Crippen MR) is 50.7 cm³/mol. The first-order valence-corrected chi connectivity index (χ1v) is 6.25. The molecule has 0 aromatic heterocycles. The highest BCUT2D eigenvalue weighted by Gasteiger charge is 2.32. The molecule has 0 aliphatic heterocycles. The molecule has 0 heterocycles. The molecular weight excluding hydrogens is 233 g/mol. The number of sulfone groups is 1. The van der Waals surface area contributed by atoms with Gasteiger partial charge in [0, 0.05) is 18.7 Å². The Hall–Kier alpha value is -0.340. The lowest BCUT2D eigenvalue weighted by Crippen LogP contribution is -2.46. The van der Waals surface area contributed by atoms with Gasteiger partial charge < -0.3 is 0 Å². The van der Waals surface area contributed by atoms with Crippen molar-refractivity contribution in [2.24, 2.45) is 5.84 Å². The highest BCUT2D eigenvalue weighted by molar-refractivity contribution is 7.91. The fraction of sp³-hybridized carbons (Fsp3) is 1.00. The van der Waals surface area contributed by atoms with Gasteiger partial charge >= 0.3 is 6.18 Å². The maximum atomic E-state index is 11.9. The first-order chi connectivity index (χ1) is 6.58. The summed E-state index contributed by atoms with van der Waals surface area (Å²) >= 11 is 0. The van der Waals surface area contributed by atoms with Gasteiger partial charge in [-0.2, -0.15) is 13.2 Å². The average Bonchev–Trinajstić information content (AvgIpc) is 2.01. The van der Waals surface area contributed by atoms with Crippen molar-refractivity contribution in [2.75, 3.05) is 6.26 Å². The molecule has 0 aliphatic carbocycles. The maximum absolute atomic E-state index is 11.9. The van der Waals surface area contributed by atoms with Gasteiger partial charge in [0.15, 0.2) is 9.84 Å². The summed E-state index contributed by atoms with van der Waals surface area (Å²) in [5.74, 6) is 5.02. The van der Waals surface area contributed by atoms with Crippen LogP contribution < -0.4 is 11.3 Å². The Labute approximate surface area is 86.9 Å². The van der Waals surface area contributed by atoms with Gasteiger partial charge in [0.05, 0.1) is 5.25 Å². The van der Waals surface area contributed by atoms with E-state index in [1.807, 2.05) is 0 Å². The molecule has 0 rings (SSSR count). The first kappa shape index (κ1) is 14.7. The van der Waals surface area contributed by atoms with Gasteiger partial charge in [-0.25, -0.2) is 8.42 Å². The van der Waals surface area contributed by atoms with Crippen LogP contribution in [0.1, 0.15) is 19.8 Å². The van der Waals surface area contributed by atoms with Crippen LogP contribution >= 0.6 is 0 Å². The SMILES string of the molecule is CC(C(CCC(F)(F)F)NN)S(C)(=O)=O. The Morgan fingerprint density at radius 1 is 1.40 bits per heavy atom. The summed E-state index contributed by atoms with van der Waals surface area (Å²) in [7, 11) is -3.39. The van der Waals surface area contributed by atoms with E-state index in [4.69, 9.17) is 5.84 Å². The summed E-state index contributed by atoms with van der Waals surface area (Å²) in [4.78, 5) is 0. The van der Waals surface area contributed by atoms with Gasteiger partial charge in [0.1, 0.15) is 0 Å². The summed E-state index contributed by atoms with van der Waals surface area (Å²) in [5, 5.41) is -0.940. The standard InChI is InChI=1S/C7H15F3N2O2S/c1-5(15(2,13)14)6(12-11)3-4-7(8,9)10/h5-6,12H,3-4,11H2,1-2H3. The second-order valence-electron chi connectivity index (χ2n) is 3.46. The second kappa shape index (κ2) is 5.13. The van der Waals surface area contributed by atoms with E-state index in [9.17, 15) is 21.6 Å². The number of hydrogen-bond acceptors (Lipinski definition) is 4. The third-order valence-electron chi connectivity index (χ3n) is 2.19. The Balaban J connectivity index is 4.39. The summed E-state index contributed by atoms with van der Waals surface area (Å²) in [6.07, 6.45) is -4.74. The molecule has 0 bridgehead atoms. The molecule has 0 aliphatic rings. The Morgan fingerprint density at radius 3 is 2.13 bits per heavy atom. The zero-order chi connectivity index (χ0) is 12.3. The van der Waals surface area contributed by atoms with Crippen molar-refractivity contribution >= 4 is 9.84 Å². The van der Waals surface area contributed by atoms with Gasteiger partial charge in [-0.15, -0.1) is 0 Å². The van der Waals surface area contributed by atoms with E-state index >= 15 is 0 Å². The Morgan fingerprint density at radius 2 is 1.87 bits per heavy atom. The molecule has 0 amide bonds. The molecule has 4 nitrogen and oxygen atoms in total. The number of halogens is 3. The minimum Gasteiger partial charge on any atom is -0.271 e. The third kappa shape index (κ3) is 5.95. The quantitative estimate of drug-likeness (QED) is 0.552. The summed E-state index contributed by atoms with van der Waals surface area (Å²) in [5.41, 5.74) is 2.10. The van der Waals surface area contributed by atoms with Gasteiger partial charge in [-0.1, -0.05) is 0 Å². The summed E-state index contributed by atoms with van der Waals surface area (Å²) in [6.45, 7) is 1.33. The molecule has 15 heavy (non-hydrogen) atoms. The molecule has 0 aromatic rings. The van der Waals surface area contributed by atoms with Gasteiger partial charge in [-0.05, 0) is 13.3 Å². The number of nitrogens with two attached hydrogens (primary N) is 1. The van der Waals surface area contributed by atoms with Crippen molar-refractivity contribution in [3.05, 3.63) is 0 Å². The van der Waals surface area contributed by atoms with Crippen molar-refractivity contribution in [3.63, 3.8) is 0 Å². The maximum Gasteiger partial charge on any atom is 0.389 e. The van der Waals surface area contributed by atoms with Crippen LogP contribution in [0.25, 0.3) is 0 Å². The van der Waals surface area contributed by atoms with Crippen LogP contribution in [0.15, 0.2) is 0 Å². The van der Waals surface area contributed by atoms with Crippen LogP contribution in [-0.4, -0.2) is 32.1 Å². The van der Waals surface area contributed by atoms with Crippen LogP contribution in [0.5, 0.6) is 0 Å². The zero-order valence-electron chi connectivity index (χ0n) is 8.50. The molecule has 0 spiro atoms. The van der Waals surface area contributed by atoms with Crippen LogP contribution in [-0.2, 0) is 9.84 Å². The lowest BCUT2D eigenvalue weighted by atomic mass is 10.1. The van der Waals surface area contributed by atoms with Crippen LogP contribution in [0, 0.1) is 0 Å². The molecule has 92 valence electrons. The van der Waals surface area contributed by atoms with Gasteiger partial charge in [0.25, 0.3) is 0 Å². The molecular formula is C7H15F3N2O2S. The largest absolute Gasteiger partial charge is 0.389 e. The lowest BCUT2D eigenvalue weighted by molar-refractivity contribution is -0.136. The first-order valence-electron chi connectivity index (χ1n) is 4.29. The lowest BCUT2D eigenvalue weighted by Gasteiger charge is -2.22. The minimum absolute atomic E-state index is 0.353. The minimum atomic E-state index is -4.30. The molecule has 0 fully saturated rings. The fourth-order valence-electron chi connectivity index (χ4n) is 1.07. The zero-order valence-corrected chi connectivity index (χ0v) is 9.32. The highest BCUT2D eigenvalue weighted by Crippen LogP contribution is 2.23. The van der Waals surface area contributed by atoms with Crippen molar-refractivity contribution < 1.29 is 21.6 Å². The van der Waals surface area contributed by atoms with Crippen molar-refractivity contribution in [1.29, 1.82) is 0 Å². The third-order valence-corrected chi connectivity index (χ3v) is 3.87. The van der Waals surface area contributed by atoms with E-state index < -0.39 is 33.7 Å².